The minimum atomic E-state index is -1.82. The maximum atomic E-state index is 12.9. The molecule has 0 radical (unpaired) electrons. The van der Waals surface area contributed by atoms with Gasteiger partial charge in [-0.2, -0.15) is 0 Å². The Balaban J connectivity index is 1.83. The van der Waals surface area contributed by atoms with Crippen molar-refractivity contribution < 1.29 is 29.3 Å². The van der Waals surface area contributed by atoms with Crippen molar-refractivity contribution in [1.29, 1.82) is 0 Å². The van der Waals surface area contributed by atoms with Gasteiger partial charge in [-0.05, 0) is 55.5 Å². The summed E-state index contributed by atoms with van der Waals surface area (Å²) in [6.07, 6.45) is -0.430. The highest BCUT2D eigenvalue weighted by Gasteiger charge is 2.70. The van der Waals surface area contributed by atoms with Gasteiger partial charge in [0, 0.05) is 12.5 Å². The third-order valence-electron chi connectivity index (χ3n) is 7.33. The predicted octanol–water partition coefficient (Wildman–Crippen LogP) is 4.17. The van der Waals surface area contributed by atoms with E-state index in [1.165, 1.54) is 0 Å². The van der Waals surface area contributed by atoms with Crippen molar-refractivity contribution in [2.45, 2.75) is 70.2 Å². The Morgan fingerprint density at radius 2 is 1.76 bits per heavy atom. The Morgan fingerprint density at radius 3 is 2.32 bits per heavy atom. The lowest BCUT2D eigenvalue weighted by Gasteiger charge is -2.39. The highest BCUT2D eigenvalue weighted by molar-refractivity contribution is 5.94. The molecule has 8 nitrogen and oxygen atoms in total. The largest absolute Gasteiger partial charge is 0.480 e. The first kappa shape index (κ1) is 24.0. The molecule has 0 aromatic heterocycles. The van der Waals surface area contributed by atoms with E-state index in [0.717, 1.165) is 21.9 Å². The van der Waals surface area contributed by atoms with Crippen molar-refractivity contribution in [1.82, 2.24) is 10.2 Å². The molecule has 2 aliphatic rings. The number of nitrogens with one attached hydrogen (secondary N) is 1. The first-order valence-electron chi connectivity index (χ1n) is 11.7. The lowest BCUT2D eigenvalue weighted by molar-refractivity contribution is -0.155. The summed E-state index contributed by atoms with van der Waals surface area (Å²) < 4.78 is 5.38. The molecule has 1 fully saturated rings. The average Bonchev–Trinajstić information content (AvgIpc) is 3.41. The number of rotatable bonds is 6. The van der Waals surface area contributed by atoms with Crippen LogP contribution >= 0.6 is 0 Å². The van der Waals surface area contributed by atoms with Crippen LogP contribution in [0.2, 0.25) is 0 Å². The molecule has 182 valence electrons. The van der Waals surface area contributed by atoms with Crippen molar-refractivity contribution in [3.05, 3.63) is 47.5 Å². The second-order valence-electron chi connectivity index (χ2n) is 10.3. The monoisotopic (exact) mass is 468 g/mol. The molecule has 0 saturated carbocycles. The fourth-order valence-electron chi connectivity index (χ4n) is 5.99. The second-order valence-corrected chi connectivity index (χ2v) is 10.3. The number of nitrogens with zero attached hydrogens (tertiary/aromatic N) is 1. The molecule has 1 aliphatic heterocycles. The zero-order valence-electron chi connectivity index (χ0n) is 20.2. The zero-order valence-corrected chi connectivity index (χ0v) is 20.2. The first-order chi connectivity index (χ1) is 15.9. The molecule has 2 aromatic rings. The highest BCUT2D eigenvalue weighted by Crippen LogP contribution is 2.58. The molecule has 1 saturated heterocycles. The number of amides is 1. The van der Waals surface area contributed by atoms with Gasteiger partial charge in [0.25, 0.3) is 0 Å². The van der Waals surface area contributed by atoms with Gasteiger partial charge >= 0.3 is 18.0 Å². The van der Waals surface area contributed by atoms with Crippen molar-refractivity contribution in [3.63, 3.8) is 0 Å². The Hall–Kier alpha value is -3.13. The lowest BCUT2D eigenvalue weighted by Crippen LogP contribution is -2.63. The van der Waals surface area contributed by atoms with Crippen molar-refractivity contribution in [2.24, 2.45) is 5.92 Å². The van der Waals surface area contributed by atoms with Gasteiger partial charge in [-0.15, -0.1) is 0 Å². The van der Waals surface area contributed by atoms with Gasteiger partial charge in [0.1, 0.15) is 11.1 Å². The van der Waals surface area contributed by atoms with Crippen LogP contribution < -0.4 is 5.32 Å². The molecule has 1 heterocycles. The number of hydrogen-bond donors (Lipinski definition) is 3. The van der Waals surface area contributed by atoms with Crippen LogP contribution in [0.5, 0.6) is 0 Å². The number of benzene rings is 2. The lowest BCUT2D eigenvalue weighted by atomic mass is 9.72. The smallest absolute Gasteiger partial charge is 0.408 e. The summed E-state index contributed by atoms with van der Waals surface area (Å²) in [6.45, 7) is 8.47. The molecule has 2 unspecified atom stereocenters. The maximum absolute atomic E-state index is 12.9. The predicted molar refractivity (Wildman–Crippen MR) is 127 cm³/mol. The fourth-order valence-corrected chi connectivity index (χ4v) is 5.99. The molecule has 1 amide bonds. The first-order valence-corrected chi connectivity index (χ1v) is 11.7. The van der Waals surface area contributed by atoms with Gasteiger partial charge in [-0.25, -0.2) is 9.59 Å². The van der Waals surface area contributed by atoms with Crippen LogP contribution in [0.4, 0.5) is 4.79 Å². The van der Waals surface area contributed by atoms with Crippen LogP contribution in [0.1, 0.15) is 64.6 Å². The van der Waals surface area contributed by atoms with E-state index in [-0.39, 0.29) is 25.4 Å². The van der Waals surface area contributed by atoms with Crippen LogP contribution in [0.25, 0.3) is 10.8 Å². The molecular weight excluding hydrogens is 436 g/mol. The van der Waals surface area contributed by atoms with Gasteiger partial charge in [0.15, 0.2) is 5.54 Å². The van der Waals surface area contributed by atoms with E-state index in [4.69, 9.17) is 4.74 Å². The summed E-state index contributed by atoms with van der Waals surface area (Å²) in [6, 6.07) is 11.5. The summed E-state index contributed by atoms with van der Waals surface area (Å²) in [5.41, 5.74) is -2.12. The second kappa shape index (κ2) is 7.98. The Labute approximate surface area is 198 Å². The standard InChI is InChI=1S/C26H32N2O6/c1-6-18-25(21(29)30,27-23(33)34-24(3,4)5)14-28(26(18,7-2)22(31)32)20-17-13-12-15-10-8-9-11-16(15)19(17)20/h8-13,18,20H,6-7,14H2,1-5H3,(H,27,33)(H,29,30)(H,31,32)/t18?,20?,25-,26+/m0/s1. The molecule has 4 atom stereocenters. The number of carboxylic acids is 2. The number of alkyl carbamates (subject to hydrolysis) is 1. The van der Waals surface area contributed by atoms with Gasteiger partial charge in [0.05, 0.1) is 6.04 Å². The molecule has 2 aromatic carbocycles. The molecule has 34 heavy (non-hydrogen) atoms. The SMILES string of the molecule is CCC1[C@](CC)(C(=O)O)N(C2c3ccc4ccccc4c32)C[C@@]1(NC(=O)OC(C)(C)C)C(=O)O. The van der Waals surface area contributed by atoms with Crippen molar-refractivity contribution in [3.8, 4) is 0 Å². The number of likely N-dealkylation sites (tertiary alicyclic amines) is 1. The summed E-state index contributed by atoms with van der Waals surface area (Å²) in [4.78, 5) is 40.3. The van der Waals surface area contributed by atoms with Gasteiger partial charge in [-0.1, -0.05) is 50.2 Å². The summed E-state index contributed by atoms with van der Waals surface area (Å²) in [5, 5.41) is 25.7. The number of aliphatic carboxylic acids is 2. The van der Waals surface area contributed by atoms with Crippen molar-refractivity contribution >= 4 is 28.8 Å². The average molecular weight is 469 g/mol. The summed E-state index contributed by atoms with van der Waals surface area (Å²) in [7, 11) is 0. The quantitative estimate of drug-likeness (QED) is 0.583. The molecule has 4 rings (SSSR count). The highest BCUT2D eigenvalue weighted by atomic mass is 16.6. The van der Waals surface area contributed by atoms with E-state index in [9.17, 15) is 24.6 Å². The number of hydrogen-bond acceptors (Lipinski definition) is 5. The van der Waals surface area contributed by atoms with Crippen LogP contribution in [0.15, 0.2) is 36.4 Å². The Bertz CT molecular complexity index is 1170. The topological polar surface area (TPSA) is 116 Å². The molecule has 3 N–H and O–H groups in total. The summed E-state index contributed by atoms with van der Waals surface area (Å²) in [5.74, 6) is -3.23. The van der Waals surface area contributed by atoms with Crippen molar-refractivity contribution in [2.75, 3.05) is 6.54 Å². The van der Waals surface area contributed by atoms with Crippen LogP contribution in [0, 0.1) is 5.92 Å². The van der Waals surface area contributed by atoms with E-state index in [0.29, 0.717) is 0 Å². The van der Waals surface area contributed by atoms with Crippen LogP contribution in [0.3, 0.4) is 0 Å². The maximum Gasteiger partial charge on any atom is 0.408 e. The Morgan fingerprint density at radius 1 is 1.09 bits per heavy atom. The van der Waals surface area contributed by atoms with Crippen LogP contribution in [-0.2, 0) is 14.3 Å². The van der Waals surface area contributed by atoms with Gasteiger partial charge in [-0.3, -0.25) is 9.69 Å². The number of fused-ring (bicyclic) bond motifs is 3. The Kier molecular flexibility index (Phi) is 5.63. The number of carboxylic acid groups (broad SMARTS) is 2. The minimum absolute atomic E-state index is 0.145. The van der Waals surface area contributed by atoms with E-state index < -0.39 is 40.6 Å². The number of carbonyl (C=O) groups is 3. The van der Waals surface area contributed by atoms with E-state index in [1.54, 1.807) is 39.5 Å². The van der Waals surface area contributed by atoms with E-state index >= 15 is 0 Å². The fraction of sp³-hybridized carbons (Fsp3) is 0.500. The third-order valence-corrected chi connectivity index (χ3v) is 7.33. The van der Waals surface area contributed by atoms with Crippen LogP contribution in [-0.4, -0.2) is 56.4 Å². The molecule has 8 heteroatoms. The molecular formula is C26H32N2O6. The summed E-state index contributed by atoms with van der Waals surface area (Å²) >= 11 is 0. The van der Waals surface area contributed by atoms with Gasteiger partial charge in [0.2, 0.25) is 0 Å². The van der Waals surface area contributed by atoms with E-state index in [2.05, 4.69) is 5.32 Å². The number of carbonyl (C=O) groups excluding carboxylic acids is 1. The molecule has 0 bridgehead atoms. The number of ether oxygens (including phenoxy) is 1. The third kappa shape index (κ3) is 3.43. The zero-order chi connectivity index (χ0) is 25.1. The normalized spacial score (nSPS) is 28.4. The molecule has 1 aliphatic carbocycles. The van der Waals surface area contributed by atoms with Gasteiger partial charge < -0.3 is 20.3 Å². The van der Waals surface area contributed by atoms with E-state index in [1.807, 2.05) is 36.4 Å². The molecule has 0 spiro atoms. The minimum Gasteiger partial charge on any atom is -0.480 e.